The predicted molar refractivity (Wildman–Crippen MR) is 237 cm³/mol. The fourth-order valence-electron chi connectivity index (χ4n) is 7.46. The molecule has 0 aliphatic heterocycles. The summed E-state index contributed by atoms with van der Waals surface area (Å²) in [7, 11) is 0. The van der Waals surface area contributed by atoms with Crippen LogP contribution >= 0.6 is 0 Å². The maximum absolute atomic E-state index is 16.0. The third-order valence-electron chi connectivity index (χ3n) is 11.1. The Kier molecular flexibility index (Phi) is 16.6. The van der Waals surface area contributed by atoms with Gasteiger partial charge in [-0.3, -0.25) is 0 Å². The Bertz CT molecular complexity index is 2230. The molecular weight excluding hydrogens is 763 g/mol. The number of aryl methyl sites for hydroxylation is 2. The van der Waals surface area contributed by atoms with E-state index in [4.69, 9.17) is 4.74 Å². The van der Waals surface area contributed by atoms with E-state index in [1.54, 1.807) is 0 Å². The lowest BCUT2D eigenvalue weighted by atomic mass is 9.98. The number of ether oxygens (including phenoxy) is 1. The van der Waals surface area contributed by atoms with E-state index in [9.17, 15) is 10.5 Å². The van der Waals surface area contributed by atoms with Crippen molar-refractivity contribution in [1.82, 2.24) is 19.9 Å². The van der Waals surface area contributed by atoms with Crippen LogP contribution in [0.1, 0.15) is 135 Å². The van der Waals surface area contributed by atoms with Crippen molar-refractivity contribution in [2.45, 2.75) is 117 Å². The molecule has 2 aromatic heterocycles. The van der Waals surface area contributed by atoms with E-state index in [1.165, 1.54) is 88.5 Å². The average molecular weight is 817 g/mol. The van der Waals surface area contributed by atoms with Crippen molar-refractivity contribution in [2.24, 2.45) is 0 Å². The molecule has 0 spiro atoms. The first-order valence-corrected chi connectivity index (χ1v) is 21.8. The van der Waals surface area contributed by atoms with Gasteiger partial charge in [0.25, 0.3) is 0 Å². The molecule has 0 amide bonds. The fourth-order valence-corrected chi connectivity index (χ4v) is 7.46. The Labute approximate surface area is 359 Å². The van der Waals surface area contributed by atoms with Gasteiger partial charge in [0.15, 0.2) is 11.6 Å². The van der Waals surface area contributed by atoms with Gasteiger partial charge in [0.2, 0.25) is 0 Å². The van der Waals surface area contributed by atoms with Crippen LogP contribution in [0.4, 0.5) is 8.78 Å². The monoisotopic (exact) mass is 816 g/mol. The molecule has 0 atom stereocenters. The molecule has 6 rings (SSSR count). The van der Waals surface area contributed by atoms with Crippen LogP contribution in [0.2, 0.25) is 0 Å². The predicted octanol–water partition coefficient (Wildman–Crippen LogP) is 13.4. The second-order valence-electron chi connectivity index (χ2n) is 15.7. The minimum absolute atomic E-state index is 0.104. The summed E-state index contributed by atoms with van der Waals surface area (Å²) in [6.07, 6.45) is 24.5. The number of aromatic nitrogens is 4. The standard InChI is InChI=1S/C52H54F2N6O/c1-3-5-7-9-11-13-15-39-33-57-51(58-34-39)41-21-17-37(18-22-41)29-45-47(27-25-43(31-55)49(45)53)61-48-28-26-44(32-56)50(54)46(48)30-38-19-23-42(24-20-38)52-59-35-40(36-60-52)16-14-12-10-8-6-4-2/h17-28,33-36H,3-16,29-30H2,1-2H3. The fraction of sp³-hybridized carbons (Fsp3) is 0.346. The first-order chi connectivity index (χ1) is 29.9. The molecule has 2 heterocycles. The number of benzene rings is 4. The van der Waals surface area contributed by atoms with Crippen LogP contribution in [0.3, 0.4) is 0 Å². The molecule has 6 aromatic rings. The summed E-state index contributed by atoms with van der Waals surface area (Å²) in [4.78, 5) is 18.4. The second-order valence-corrected chi connectivity index (χ2v) is 15.7. The number of rotatable bonds is 22. The van der Waals surface area contributed by atoms with Crippen LogP contribution in [0.25, 0.3) is 22.8 Å². The Balaban J connectivity index is 1.15. The van der Waals surface area contributed by atoms with Gasteiger partial charge >= 0.3 is 0 Å². The summed E-state index contributed by atoms with van der Waals surface area (Å²) in [5.41, 5.74) is 5.47. The van der Waals surface area contributed by atoms with Gasteiger partial charge in [-0.25, -0.2) is 28.7 Å². The highest BCUT2D eigenvalue weighted by Crippen LogP contribution is 2.36. The largest absolute Gasteiger partial charge is 0.457 e. The van der Waals surface area contributed by atoms with E-state index in [0.29, 0.717) is 11.6 Å². The van der Waals surface area contributed by atoms with E-state index in [0.717, 1.165) is 59.1 Å². The van der Waals surface area contributed by atoms with Crippen LogP contribution in [-0.4, -0.2) is 19.9 Å². The topological polar surface area (TPSA) is 108 Å². The summed E-state index contributed by atoms with van der Waals surface area (Å²) in [5, 5.41) is 19.4. The first kappa shape index (κ1) is 44.2. The molecule has 0 aliphatic rings. The second kappa shape index (κ2) is 22.9. The SMILES string of the molecule is CCCCCCCCc1cnc(-c2ccc(Cc3c(Oc4ccc(C#N)c(F)c4Cc4ccc(-c5ncc(CCCCCCCC)cn5)cc4)ccc(C#N)c3F)cc2)nc1. The molecule has 0 unspecified atom stereocenters. The van der Waals surface area contributed by atoms with Crippen LogP contribution < -0.4 is 4.74 Å². The highest BCUT2D eigenvalue weighted by molar-refractivity contribution is 5.58. The number of nitriles is 2. The van der Waals surface area contributed by atoms with Crippen molar-refractivity contribution in [1.29, 1.82) is 10.5 Å². The normalized spacial score (nSPS) is 11.0. The Morgan fingerprint density at radius 1 is 0.459 bits per heavy atom. The summed E-state index contributed by atoms with van der Waals surface area (Å²) >= 11 is 0. The van der Waals surface area contributed by atoms with Gasteiger partial charge in [-0.05, 0) is 72.2 Å². The molecule has 312 valence electrons. The lowest BCUT2D eigenvalue weighted by Crippen LogP contribution is -2.04. The summed E-state index contributed by atoms with van der Waals surface area (Å²) in [5.74, 6) is 0.0666. The molecule has 0 bridgehead atoms. The zero-order valence-corrected chi connectivity index (χ0v) is 35.4. The summed E-state index contributed by atoms with van der Waals surface area (Å²) in [6.45, 7) is 4.45. The summed E-state index contributed by atoms with van der Waals surface area (Å²) < 4.78 is 38.3. The van der Waals surface area contributed by atoms with E-state index >= 15 is 8.78 Å². The van der Waals surface area contributed by atoms with E-state index in [1.807, 2.05) is 85.5 Å². The average Bonchev–Trinajstić information content (AvgIpc) is 3.29. The number of halogens is 2. The molecule has 0 saturated heterocycles. The lowest BCUT2D eigenvalue weighted by Gasteiger charge is -2.17. The van der Waals surface area contributed by atoms with Gasteiger partial charge in [-0.2, -0.15) is 10.5 Å². The maximum Gasteiger partial charge on any atom is 0.159 e. The van der Waals surface area contributed by atoms with Crippen LogP contribution in [-0.2, 0) is 25.7 Å². The van der Waals surface area contributed by atoms with Crippen molar-refractivity contribution < 1.29 is 13.5 Å². The number of hydrogen-bond donors (Lipinski definition) is 0. The zero-order valence-electron chi connectivity index (χ0n) is 35.4. The van der Waals surface area contributed by atoms with Crippen molar-refractivity contribution in [3.63, 3.8) is 0 Å². The zero-order chi connectivity index (χ0) is 42.8. The number of unbranched alkanes of at least 4 members (excludes halogenated alkanes) is 10. The van der Waals surface area contributed by atoms with Gasteiger partial charge in [0, 0.05) is 59.9 Å². The van der Waals surface area contributed by atoms with Crippen molar-refractivity contribution >= 4 is 0 Å². The molecule has 0 aliphatic carbocycles. The molecule has 4 aromatic carbocycles. The molecule has 0 fully saturated rings. The van der Waals surface area contributed by atoms with Crippen LogP contribution in [0.15, 0.2) is 97.6 Å². The Hall–Kier alpha value is -6.32. The van der Waals surface area contributed by atoms with E-state index < -0.39 is 11.6 Å². The highest BCUT2D eigenvalue weighted by atomic mass is 19.1. The van der Waals surface area contributed by atoms with Gasteiger partial charge in [-0.1, -0.05) is 127 Å². The minimum atomic E-state index is -0.711. The van der Waals surface area contributed by atoms with Crippen LogP contribution in [0, 0.1) is 34.3 Å². The van der Waals surface area contributed by atoms with E-state index in [-0.39, 0.29) is 46.6 Å². The van der Waals surface area contributed by atoms with Crippen molar-refractivity contribution in [2.75, 3.05) is 0 Å². The lowest BCUT2D eigenvalue weighted by molar-refractivity contribution is 0.456. The third-order valence-corrected chi connectivity index (χ3v) is 11.1. The highest BCUT2D eigenvalue weighted by Gasteiger charge is 2.21. The first-order valence-electron chi connectivity index (χ1n) is 21.8. The Morgan fingerprint density at radius 2 is 0.820 bits per heavy atom. The molecule has 0 radical (unpaired) electrons. The molecule has 61 heavy (non-hydrogen) atoms. The molecule has 0 N–H and O–H groups in total. The van der Waals surface area contributed by atoms with Gasteiger partial charge < -0.3 is 4.74 Å². The van der Waals surface area contributed by atoms with Crippen molar-refractivity contribution in [3.05, 3.63) is 154 Å². The molecule has 0 saturated carbocycles. The minimum Gasteiger partial charge on any atom is -0.457 e. The van der Waals surface area contributed by atoms with Gasteiger partial charge in [0.1, 0.15) is 35.3 Å². The van der Waals surface area contributed by atoms with Crippen LogP contribution in [0.5, 0.6) is 11.5 Å². The molecular formula is C52H54F2N6O. The van der Waals surface area contributed by atoms with Gasteiger partial charge in [0.05, 0.1) is 11.1 Å². The Morgan fingerprint density at radius 3 is 1.18 bits per heavy atom. The van der Waals surface area contributed by atoms with Gasteiger partial charge in [-0.15, -0.1) is 0 Å². The summed E-state index contributed by atoms with van der Waals surface area (Å²) in [6, 6.07) is 24.7. The van der Waals surface area contributed by atoms with E-state index in [2.05, 4.69) is 33.8 Å². The number of hydrogen-bond acceptors (Lipinski definition) is 7. The smallest absolute Gasteiger partial charge is 0.159 e. The number of nitrogens with zero attached hydrogens (tertiary/aromatic N) is 6. The molecule has 9 heteroatoms. The third kappa shape index (κ3) is 12.4. The molecule has 7 nitrogen and oxygen atoms in total. The van der Waals surface area contributed by atoms with Crippen molar-refractivity contribution in [3.8, 4) is 46.4 Å². The quantitative estimate of drug-likeness (QED) is 0.0628. The maximum atomic E-state index is 16.0.